The lowest BCUT2D eigenvalue weighted by Crippen LogP contribution is -1.87. The molecule has 0 radical (unpaired) electrons. The van der Waals surface area contributed by atoms with Gasteiger partial charge in [0.15, 0.2) is 0 Å². The summed E-state index contributed by atoms with van der Waals surface area (Å²) in [6, 6.07) is 31.1. The Hall–Kier alpha value is -4.75. The van der Waals surface area contributed by atoms with Crippen molar-refractivity contribution < 1.29 is 8.81 Å². The average molecular weight is 455 g/mol. The summed E-state index contributed by atoms with van der Waals surface area (Å²) in [6.07, 6.45) is 1.45. The van der Waals surface area contributed by atoms with Gasteiger partial charge >= 0.3 is 0 Å². The van der Waals surface area contributed by atoms with E-state index in [2.05, 4.69) is 48.3 Å². The first-order valence-corrected chi connectivity index (χ1v) is 11.3. The number of benzene rings is 4. The lowest BCUT2D eigenvalue weighted by Gasteiger charge is -2.09. The van der Waals surface area contributed by atoms with Crippen molar-refractivity contribution in [1.82, 2.24) is 4.98 Å². The van der Waals surface area contributed by atoms with Crippen molar-refractivity contribution in [1.29, 1.82) is 5.26 Å². The van der Waals surface area contributed by atoms with Crippen LogP contribution in [0.4, 0.5) is 4.39 Å². The first-order valence-electron chi connectivity index (χ1n) is 11.3. The van der Waals surface area contributed by atoms with E-state index in [-0.39, 0.29) is 5.82 Å². The summed E-state index contributed by atoms with van der Waals surface area (Å²) >= 11 is 0. The summed E-state index contributed by atoms with van der Waals surface area (Å²) < 4.78 is 20.1. The van der Waals surface area contributed by atoms with Crippen LogP contribution in [0.15, 0.2) is 102 Å². The number of pyridine rings is 1. The van der Waals surface area contributed by atoms with Gasteiger partial charge in [-0.05, 0) is 60.0 Å². The topological polar surface area (TPSA) is 49.8 Å². The molecule has 4 heteroatoms. The molecule has 0 aliphatic rings. The normalized spacial score (nSPS) is 11.1. The molecule has 6 rings (SSSR count). The number of aryl methyl sites for hydroxylation is 1. The van der Waals surface area contributed by atoms with E-state index in [1.165, 1.54) is 23.9 Å². The molecule has 2 aromatic heterocycles. The largest absolute Gasteiger partial charge is 0.455 e. The Balaban J connectivity index is 1.56. The van der Waals surface area contributed by atoms with Crippen molar-refractivity contribution in [2.75, 3.05) is 0 Å². The molecule has 35 heavy (non-hydrogen) atoms. The molecule has 0 spiro atoms. The van der Waals surface area contributed by atoms with E-state index in [0.717, 1.165) is 38.6 Å². The molecule has 0 fully saturated rings. The fourth-order valence-electron chi connectivity index (χ4n) is 4.62. The number of halogens is 1. The van der Waals surface area contributed by atoms with Crippen LogP contribution in [0.25, 0.3) is 55.4 Å². The number of furan rings is 1. The molecule has 0 bridgehead atoms. The third-order valence-electron chi connectivity index (χ3n) is 6.28. The Morgan fingerprint density at radius 1 is 0.771 bits per heavy atom. The summed E-state index contributed by atoms with van der Waals surface area (Å²) in [6.45, 7) is 2.07. The van der Waals surface area contributed by atoms with E-state index in [4.69, 9.17) is 4.42 Å². The van der Waals surface area contributed by atoms with Gasteiger partial charge in [0.1, 0.15) is 17.0 Å². The maximum Gasteiger partial charge on any atom is 0.144 e. The zero-order chi connectivity index (χ0) is 23.9. The first kappa shape index (κ1) is 20.8. The van der Waals surface area contributed by atoms with E-state index in [1.54, 1.807) is 0 Å². The van der Waals surface area contributed by atoms with Crippen molar-refractivity contribution in [2.45, 2.75) is 6.92 Å². The molecule has 0 amide bonds. The van der Waals surface area contributed by atoms with Gasteiger partial charge < -0.3 is 4.42 Å². The smallest absolute Gasteiger partial charge is 0.144 e. The fourth-order valence-corrected chi connectivity index (χ4v) is 4.62. The number of hydrogen-bond donors (Lipinski definition) is 0. The monoisotopic (exact) mass is 454 g/mol. The second kappa shape index (κ2) is 8.23. The van der Waals surface area contributed by atoms with Crippen LogP contribution in [0.5, 0.6) is 0 Å². The molecule has 6 aromatic rings. The molecule has 4 aromatic carbocycles. The van der Waals surface area contributed by atoms with Crippen LogP contribution in [0.1, 0.15) is 11.1 Å². The molecule has 0 atom stereocenters. The number of nitriles is 1. The molecule has 0 saturated carbocycles. The van der Waals surface area contributed by atoms with Gasteiger partial charge in [-0.25, -0.2) is 4.39 Å². The molecule has 166 valence electrons. The molecule has 0 aliphatic heterocycles. The highest BCUT2D eigenvalue weighted by atomic mass is 19.1. The quantitative estimate of drug-likeness (QED) is 0.270. The Bertz CT molecular complexity index is 1790. The Labute approximate surface area is 201 Å². The van der Waals surface area contributed by atoms with Gasteiger partial charge in [0.25, 0.3) is 0 Å². The predicted octanol–water partition coefficient (Wildman–Crippen LogP) is 8.30. The summed E-state index contributed by atoms with van der Waals surface area (Å²) in [5.74, 6) is -0.339. The molecule has 3 nitrogen and oxygen atoms in total. The van der Waals surface area contributed by atoms with Crippen LogP contribution in [0.2, 0.25) is 0 Å². The zero-order valence-electron chi connectivity index (χ0n) is 18.9. The standard InChI is InChI=1S/C31H19FN2O/c1-19-4-2-5-20(14-19)21-6-3-7-23(15-21)30-24(18-33)9-11-27-26-10-8-22(16-29(26)35-31(27)30)28-17-25(32)12-13-34-28/h2-17H,1H3. The van der Waals surface area contributed by atoms with Crippen LogP contribution in [0.3, 0.4) is 0 Å². The number of fused-ring (bicyclic) bond motifs is 3. The van der Waals surface area contributed by atoms with E-state index < -0.39 is 0 Å². The fraction of sp³-hybridized carbons (Fsp3) is 0.0323. The van der Waals surface area contributed by atoms with Gasteiger partial charge in [-0.15, -0.1) is 0 Å². The highest BCUT2D eigenvalue weighted by Crippen LogP contribution is 2.40. The first-order chi connectivity index (χ1) is 17.1. The molecule has 0 aliphatic carbocycles. The highest BCUT2D eigenvalue weighted by Gasteiger charge is 2.17. The molecule has 2 heterocycles. The Kier molecular flexibility index (Phi) is 4.90. The van der Waals surface area contributed by atoms with Crippen molar-refractivity contribution in [3.05, 3.63) is 114 Å². The maximum atomic E-state index is 13.7. The second-order valence-electron chi connectivity index (χ2n) is 8.60. The molecule has 0 unspecified atom stereocenters. The van der Waals surface area contributed by atoms with Gasteiger partial charge in [-0.1, -0.05) is 54.1 Å². The number of rotatable bonds is 3. The maximum absolute atomic E-state index is 13.7. The van der Waals surface area contributed by atoms with E-state index in [9.17, 15) is 9.65 Å². The lowest BCUT2D eigenvalue weighted by molar-refractivity contribution is 0.626. The van der Waals surface area contributed by atoms with Gasteiger partial charge in [0, 0.05) is 34.2 Å². The number of hydrogen-bond acceptors (Lipinski definition) is 3. The third kappa shape index (κ3) is 3.64. The highest BCUT2D eigenvalue weighted by molar-refractivity contribution is 6.11. The van der Waals surface area contributed by atoms with Gasteiger partial charge in [0.2, 0.25) is 0 Å². The van der Waals surface area contributed by atoms with Crippen molar-refractivity contribution in [3.63, 3.8) is 0 Å². The summed E-state index contributed by atoms with van der Waals surface area (Å²) in [5.41, 5.74) is 8.23. The van der Waals surface area contributed by atoms with Gasteiger partial charge in [0.05, 0.1) is 17.3 Å². The van der Waals surface area contributed by atoms with Crippen molar-refractivity contribution in [2.24, 2.45) is 0 Å². The van der Waals surface area contributed by atoms with E-state index >= 15 is 0 Å². The minimum atomic E-state index is -0.339. The van der Waals surface area contributed by atoms with Gasteiger partial charge in [-0.3, -0.25) is 4.98 Å². The van der Waals surface area contributed by atoms with Crippen LogP contribution in [-0.4, -0.2) is 4.98 Å². The van der Waals surface area contributed by atoms with E-state index in [0.29, 0.717) is 22.4 Å². The minimum absolute atomic E-state index is 0.339. The SMILES string of the molecule is Cc1cccc(-c2cccc(-c3c(C#N)ccc4c3oc3cc(-c5cc(F)ccn5)ccc34)c2)c1. The molecular weight excluding hydrogens is 435 g/mol. The molecular formula is C31H19FN2O. The number of nitrogens with zero attached hydrogens (tertiary/aromatic N) is 2. The average Bonchev–Trinajstić information content (AvgIpc) is 3.26. The van der Waals surface area contributed by atoms with E-state index in [1.807, 2.05) is 48.5 Å². The Morgan fingerprint density at radius 2 is 1.54 bits per heavy atom. The minimum Gasteiger partial charge on any atom is -0.455 e. The summed E-state index contributed by atoms with van der Waals surface area (Å²) in [4.78, 5) is 4.28. The summed E-state index contributed by atoms with van der Waals surface area (Å²) in [7, 11) is 0. The third-order valence-corrected chi connectivity index (χ3v) is 6.28. The van der Waals surface area contributed by atoms with Crippen LogP contribution in [-0.2, 0) is 0 Å². The lowest BCUT2D eigenvalue weighted by atomic mass is 9.94. The second-order valence-corrected chi connectivity index (χ2v) is 8.60. The predicted molar refractivity (Wildman–Crippen MR) is 137 cm³/mol. The van der Waals surface area contributed by atoms with Crippen molar-refractivity contribution in [3.8, 4) is 39.6 Å². The van der Waals surface area contributed by atoms with Crippen LogP contribution < -0.4 is 0 Å². The molecule has 0 N–H and O–H groups in total. The number of aromatic nitrogens is 1. The van der Waals surface area contributed by atoms with Crippen LogP contribution in [0, 0.1) is 24.1 Å². The van der Waals surface area contributed by atoms with Gasteiger partial charge in [-0.2, -0.15) is 5.26 Å². The molecule has 0 saturated heterocycles. The van der Waals surface area contributed by atoms with Crippen LogP contribution >= 0.6 is 0 Å². The Morgan fingerprint density at radius 3 is 2.34 bits per heavy atom. The summed E-state index contributed by atoms with van der Waals surface area (Å²) in [5, 5.41) is 11.8. The van der Waals surface area contributed by atoms with Crippen molar-refractivity contribution >= 4 is 21.9 Å². The zero-order valence-corrected chi connectivity index (χ0v) is 18.9.